The molecule has 2 rings (SSSR count). The first-order valence-corrected chi connectivity index (χ1v) is 7.46. The van der Waals surface area contributed by atoms with E-state index in [2.05, 4.69) is 30.1 Å². The zero-order valence-corrected chi connectivity index (χ0v) is 12.5. The van der Waals surface area contributed by atoms with Crippen LogP contribution in [0.4, 0.5) is 11.4 Å². The molecule has 0 atom stereocenters. The summed E-state index contributed by atoms with van der Waals surface area (Å²) in [6.45, 7) is 6.43. The summed E-state index contributed by atoms with van der Waals surface area (Å²) in [6.07, 6.45) is 3.19. The Bertz CT molecular complexity index is 471. The minimum atomic E-state index is 0.0981. The maximum atomic E-state index is 12.0. The molecule has 0 fully saturated rings. The lowest BCUT2D eigenvalue weighted by Gasteiger charge is -2.31. The molecule has 0 aliphatic carbocycles. The second-order valence-corrected chi connectivity index (χ2v) is 5.95. The molecule has 110 valence electrons. The Morgan fingerprint density at radius 1 is 1.45 bits per heavy atom. The molecule has 4 heteroatoms. The van der Waals surface area contributed by atoms with Crippen LogP contribution in [-0.4, -0.2) is 25.5 Å². The van der Waals surface area contributed by atoms with Crippen LogP contribution in [0.15, 0.2) is 18.2 Å². The van der Waals surface area contributed by atoms with Gasteiger partial charge in [-0.3, -0.25) is 4.79 Å². The second kappa shape index (κ2) is 6.64. The quantitative estimate of drug-likeness (QED) is 0.810. The summed E-state index contributed by atoms with van der Waals surface area (Å²) in [6, 6.07) is 5.99. The van der Waals surface area contributed by atoms with E-state index in [1.54, 1.807) is 0 Å². The molecule has 0 spiro atoms. The van der Waals surface area contributed by atoms with Crippen molar-refractivity contribution in [2.75, 3.05) is 30.3 Å². The molecule has 0 aromatic heterocycles. The van der Waals surface area contributed by atoms with Gasteiger partial charge < -0.3 is 16.0 Å². The fourth-order valence-electron chi connectivity index (χ4n) is 2.56. The van der Waals surface area contributed by atoms with Crippen molar-refractivity contribution in [3.05, 3.63) is 23.8 Å². The first-order valence-electron chi connectivity index (χ1n) is 7.46. The van der Waals surface area contributed by atoms with Crippen LogP contribution in [0.3, 0.4) is 0 Å². The topological polar surface area (TPSA) is 58.4 Å². The highest BCUT2D eigenvalue weighted by atomic mass is 16.2. The number of amides is 1. The second-order valence-electron chi connectivity index (χ2n) is 5.95. The number of anilines is 2. The largest absolute Gasteiger partial charge is 0.399 e. The normalized spacial score (nSPS) is 14.2. The van der Waals surface area contributed by atoms with E-state index in [9.17, 15) is 4.79 Å². The van der Waals surface area contributed by atoms with Gasteiger partial charge in [0, 0.05) is 24.5 Å². The average molecular weight is 275 g/mol. The van der Waals surface area contributed by atoms with Crippen molar-refractivity contribution in [1.29, 1.82) is 0 Å². The maximum absolute atomic E-state index is 12.0. The molecule has 1 amide bonds. The molecule has 0 bridgehead atoms. The number of aryl methyl sites for hydroxylation is 1. The standard InChI is InChI=1S/C16H25N3O/c1-12(2)7-8-18-16(20)11-19-9-3-4-13-5-6-14(17)10-15(13)19/h5-6,10,12H,3-4,7-9,11,17H2,1-2H3,(H,18,20). The van der Waals surface area contributed by atoms with Crippen LogP contribution in [0.2, 0.25) is 0 Å². The summed E-state index contributed by atoms with van der Waals surface area (Å²) in [7, 11) is 0. The van der Waals surface area contributed by atoms with Gasteiger partial charge >= 0.3 is 0 Å². The van der Waals surface area contributed by atoms with Crippen LogP contribution < -0.4 is 16.0 Å². The van der Waals surface area contributed by atoms with Crippen molar-refractivity contribution in [3.63, 3.8) is 0 Å². The Kier molecular flexibility index (Phi) is 4.88. The number of hydrogen-bond donors (Lipinski definition) is 2. The monoisotopic (exact) mass is 275 g/mol. The zero-order valence-electron chi connectivity index (χ0n) is 12.5. The smallest absolute Gasteiger partial charge is 0.239 e. The molecule has 0 saturated carbocycles. The zero-order chi connectivity index (χ0) is 14.5. The number of rotatable bonds is 5. The molecule has 1 aliphatic heterocycles. The molecule has 0 unspecified atom stereocenters. The van der Waals surface area contributed by atoms with E-state index in [0.717, 1.165) is 43.7 Å². The van der Waals surface area contributed by atoms with Crippen molar-refractivity contribution in [2.45, 2.75) is 33.1 Å². The lowest BCUT2D eigenvalue weighted by Crippen LogP contribution is -2.40. The van der Waals surface area contributed by atoms with Crippen molar-refractivity contribution in [3.8, 4) is 0 Å². The van der Waals surface area contributed by atoms with E-state index in [-0.39, 0.29) is 5.91 Å². The SMILES string of the molecule is CC(C)CCNC(=O)CN1CCCc2ccc(N)cc21. The number of nitrogen functional groups attached to an aromatic ring is 1. The third-order valence-corrected chi connectivity index (χ3v) is 3.70. The van der Waals surface area contributed by atoms with Crippen LogP contribution in [0.5, 0.6) is 0 Å². The predicted molar refractivity (Wildman–Crippen MR) is 83.9 cm³/mol. The van der Waals surface area contributed by atoms with Gasteiger partial charge in [0.2, 0.25) is 5.91 Å². The van der Waals surface area contributed by atoms with Gasteiger partial charge in [-0.1, -0.05) is 19.9 Å². The molecule has 1 aromatic rings. The van der Waals surface area contributed by atoms with Crippen molar-refractivity contribution in [2.24, 2.45) is 5.92 Å². The first kappa shape index (κ1) is 14.7. The van der Waals surface area contributed by atoms with Gasteiger partial charge in [-0.05, 0) is 42.9 Å². The molecule has 0 saturated heterocycles. The summed E-state index contributed by atoms with van der Waals surface area (Å²) in [5, 5.41) is 2.99. The fourth-order valence-corrected chi connectivity index (χ4v) is 2.56. The van der Waals surface area contributed by atoms with Crippen LogP contribution in [0.1, 0.15) is 32.3 Å². The summed E-state index contributed by atoms with van der Waals surface area (Å²) in [4.78, 5) is 14.1. The number of carbonyl (C=O) groups excluding carboxylic acids is 1. The van der Waals surface area contributed by atoms with Crippen LogP contribution in [0.25, 0.3) is 0 Å². The fraction of sp³-hybridized carbons (Fsp3) is 0.562. The van der Waals surface area contributed by atoms with Gasteiger partial charge in [0.15, 0.2) is 0 Å². The molecule has 0 radical (unpaired) electrons. The summed E-state index contributed by atoms with van der Waals surface area (Å²) in [5.74, 6) is 0.715. The number of nitrogens with two attached hydrogens (primary N) is 1. The predicted octanol–water partition coefficient (Wildman–Crippen LogP) is 2.18. The van der Waals surface area contributed by atoms with Crippen molar-refractivity contribution < 1.29 is 4.79 Å². The molecule has 3 N–H and O–H groups in total. The van der Waals surface area contributed by atoms with E-state index in [0.29, 0.717) is 12.5 Å². The highest BCUT2D eigenvalue weighted by Gasteiger charge is 2.19. The van der Waals surface area contributed by atoms with Crippen LogP contribution in [-0.2, 0) is 11.2 Å². The highest BCUT2D eigenvalue weighted by Crippen LogP contribution is 2.28. The van der Waals surface area contributed by atoms with Gasteiger partial charge in [-0.25, -0.2) is 0 Å². The minimum Gasteiger partial charge on any atom is -0.399 e. The molecule has 4 nitrogen and oxygen atoms in total. The summed E-state index contributed by atoms with van der Waals surface area (Å²) < 4.78 is 0. The maximum Gasteiger partial charge on any atom is 0.239 e. The third-order valence-electron chi connectivity index (χ3n) is 3.70. The molecule has 20 heavy (non-hydrogen) atoms. The van der Waals surface area contributed by atoms with Gasteiger partial charge in [0.05, 0.1) is 6.54 Å². The average Bonchev–Trinajstić information content (AvgIpc) is 2.39. The Labute approximate surface area is 121 Å². The van der Waals surface area contributed by atoms with Crippen LogP contribution in [0, 0.1) is 5.92 Å². The lowest BCUT2D eigenvalue weighted by atomic mass is 10.0. The molecule has 1 heterocycles. The van der Waals surface area contributed by atoms with Gasteiger partial charge in [-0.2, -0.15) is 0 Å². The number of hydrogen-bond acceptors (Lipinski definition) is 3. The Morgan fingerprint density at radius 3 is 3.00 bits per heavy atom. The lowest BCUT2D eigenvalue weighted by molar-refractivity contribution is -0.119. The van der Waals surface area contributed by atoms with Gasteiger partial charge in [0.25, 0.3) is 0 Å². The van der Waals surface area contributed by atoms with E-state index >= 15 is 0 Å². The van der Waals surface area contributed by atoms with E-state index in [4.69, 9.17) is 5.73 Å². The number of fused-ring (bicyclic) bond motifs is 1. The molecule has 1 aromatic carbocycles. The summed E-state index contributed by atoms with van der Waals surface area (Å²) in [5.41, 5.74) is 9.03. The minimum absolute atomic E-state index is 0.0981. The third kappa shape index (κ3) is 3.89. The van der Waals surface area contributed by atoms with E-state index < -0.39 is 0 Å². The van der Waals surface area contributed by atoms with Crippen LogP contribution >= 0.6 is 0 Å². The molecule has 1 aliphatic rings. The number of carbonyl (C=O) groups is 1. The van der Waals surface area contributed by atoms with Crippen molar-refractivity contribution >= 4 is 17.3 Å². The Morgan fingerprint density at radius 2 is 2.25 bits per heavy atom. The number of benzene rings is 1. The first-order chi connectivity index (χ1) is 9.56. The summed E-state index contributed by atoms with van der Waals surface area (Å²) >= 11 is 0. The number of nitrogens with zero attached hydrogens (tertiary/aromatic N) is 1. The Hall–Kier alpha value is -1.71. The van der Waals surface area contributed by atoms with Crippen molar-refractivity contribution in [1.82, 2.24) is 5.32 Å². The van der Waals surface area contributed by atoms with E-state index in [1.165, 1.54) is 5.56 Å². The highest BCUT2D eigenvalue weighted by molar-refractivity contribution is 5.82. The number of nitrogens with one attached hydrogen (secondary N) is 1. The van der Waals surface area contributed by atoms with Gasteiger partial charge in [-0.15, -0.1) is 0 Å². The van der Waals surface area contributed by atoms with Gasteiger partial charge in [0.1, 0.15) is 0 Å². The van der Waals surface area contributed by atoms with E-state index in [1.807, 2.05) is 12.1 Å². The molecular formula is C16H25N3O. The molecular weight excluding hydrogens is 250 g/mol. The Balaban J connectivity index is 1.94.